The van der Waals surface area contributed by atoms with Gasteiger partial charge in [-0.3, -0.25) is 18.3 Å². The maximum Gasteiger partial charge on any atom is 0.209 e. The van der Waals surface area contributed by atoms with Gasteiger partial charge < -0.3 is 0 Å². The number of aromatic nitrogens is 8. The van der Waals surface area contributed by atoms with Gasteiger partial charge in [-0.1, -0.05) is 226 Å². The highest BCUT2D eigenvalue weighted by atomic mass is 32.2. The maximum atomic E-state index is 14.1. The summed E-state index contributed by atoms with van der Waals surface area (Å²) in [6.45, 7) is 54.1. The van der Waals surface area contributed by atoms with Crippen LogP contribution in [0.25, 0.3) is 110 Å². The molecule has 0 N–H and O–H groups in total. The fourth-order valence-electron chi connectivity index (χ4n) is 15.5. The second-order valence-electron chi connectivity index (χ2n) is 39.2. The fraction of sp³-hybridized carbons (Fsp3) is 0.320. The van der Waals surface area contributed by atoms with Crippen LogP contribution in [-0.4, -0.2) is 46.6 Å². The summed E-state index contributed by atoms with van der Waals surface area (Å²) in [6.07, 6.45) is 6.92. The topological polar surface area (TPSA) is 105 Å². The predicted octanol–water partition coefficient (Wildman–Crippen LogP) is 26.7. The Labute approximate surface area is 666 Å². The Morgan fingerprint density at radius 3 is 0.536 bits per heavy atom. The first-order valence-corrected chi connectivity index (χ1v) is 41.8. The van der Waals surface area contributed by atoms with Crippen molar-refractivity contribution >= 4 is 109 Å². The van der Waals surface area contributed by atoms with Crippen LogP contribution in [0.1, 0.15) is 211 Å². The third-order valence-corrected chi connectivity index (χ3v) is 25.3. The van der Waals surface area contributed by atoms with Crippen molar-refractivity contribution in [2.24, 2.45) is 0 Å². The van der Waals surface area contributed by atoms with E-state index in [1.54, 1.807) is 36.0 Å². The van der Waals surface area contributed by atoms with Crippen molar-refractivity contribution in [3.63, 3.8) is 0 Å². The minimum Gasteiger partial charge on any atom is -0.294 e. The van der Waals surface area contributed by atoms with Gasteiger partial charge in [-0.05, 0) is 233 Å². The molecule has 112 heavy (non-hydrogen) atoms. The maximum absolute atomic E-state index is 14.1. The van der Waals surface area contributed by atoms with Gasteiger partial charge in [0.2, 0.25) is 9.84 Å². The van der Waals surface area contributed by atoms with Crippen molar-refractivity contribution in [1.29, 1.82) is 0 Å². The van der Waals surface area contributed by atoms with Gasteiger partial charge in [0.05, 0.1) is 53.9 Å². The molecule has 8 heterocycles. The molecule has 0 unspecified atom stereocenters. The standard InChI is InChI=1S/C50H54N4O2S.C50H54N4S/c1-47(2,3)31-13-19-41-37(25-31)38-26-32(48(4,5)6)14-20-42(38)53(41)45-23-17-35(29-51-45)57(55,56)36-18-24-46(52-30-36)54-43-21-15-33(49(7,8)9)27-39(43)40-28-34(50(10,11)12)16-22-44(40)54;1-47(2,3)31-13-19-41-37(25-31)38-26-32(48(4,5)6)14-20-42(38)53(41)45-23-17-35(29-51-45)55-36-18-24-46(52-30-36)54-43-21-15-33(49(7,8)9)27-39(43)40-28-34(50(10,11)12)16-22-44(40)54/h13-30H,1-12H3;13-30H,1-12H3. The Morgan fingerprint density at radius 2 is 0.393 bits per heavy atom. The number of benzene rings is 8. The lowest BCUT2D eigenvalue weighted by molar-refractivity contribution is 0.590. The van der Waals surface area contributed by atoms with E-state index >= 15 is 0 Å². The fourth-order valence-corrected chi connectivity index (χ4v) is 17.4. The van der Waals surface area contributed by atoms with E-state index < -0.39 is 9.84 Å². The average Bonchev–Trinajstić information content (AvgIpc) is 1.60. The minimum absolute atomic E-state index is 0.0126. The Bertz CT molecular complexity index is 5830. The molecular weight excluding hydrogens is 1410 g/mol. The van der Waals surface area contributed by atoms with Gasteiger partial charge in [0.15, 0.2) is 0 Å². The molecule has 0 fully saturated rings. The van der Waals surface area contributed by atoms with Crippen LogP contribution >= 0.6 is 11.8 Å². The summed E-state index contributed by atoms with van der Waals surface area (Å²) in [6, 6.07) is 69.8. The van der Waals surface area contributed by atoms with E-state index in [-0.39, 0.29) is 53.1 Å². The van der Waals surface area contributed by atoms with Gasteiger partial charge in [0.1, 0.15) is 23.3 Å². The van der Waals surface area contributed by atoms with Gasteiger partial charge in [0, 0.05) is 77.7 Å². The molecule has 0 aliphatic carbocycles. The number of rotatable bonds is 8. The first-order chi connectivity index (χ1) is 52.3. The van der Waals surface area contributed by atoms with Crippen molar-refractivity contribution in [3.05, 3.63) is 263 Å². The summed E-state index contributed by atoms with van der Waals surface area (Å²) in [4.78, 5) is 22.1. The Hall–Kier alpha value is -10.1. The normalized spacial score (nSPS) is 13.3. The van der Waals surface area contributed by atoms with E-state index in [4.69, 9.17) is 19.9 Å². The summed E-state index contributed by atoms with van der Waals surface area (Å²) in [5.41, 5.74) is 19.4. The lowest BCUT2D eigenvalue weighted by Gasteiger charge is -2.19. The zero-order chi connectivity index (χ0) is 80.3. The lowest BCUT2D eigenvalue weighted by Crippen LogP contribution is -2.10. The van der Waals surface area contributed by atoms with E-state index in [1.165, 1.54) is 101 Å². The number of hydrogen-bond acceptors (Lipinski definition) is 7. The number of sulfone groups is 1. The zero-order valence-electron chi connectivity index (χ0n) is 70.0. The second-order valence-corrected chi connectivity index (χ2v) is 42.3. The highest BCUT2D eigenvalue weighted by Crippen LogP contribution is 2.44. The number of hydrogen-bond donors (Lipinski definition) is 0. The minimum atomic E-state index is -3.91. The molecule has 572 valence electrons. The molecule has 8 aromatic carbocycles. The van der Waals surface area contributed by atoms with Gasteiger partial charge in [-0.2, -0.15) is 0 Å². The lowest BCUT2D eigenvalue weighted by atomic mass is 9.85. The van der Waals surface area contributed by atoms with Crippen LogP contribution in [0.3, 0.4) is 0 Å². The summed E-state index contributed by atoms with van der Waals surface area (Å²) >= 11 is 1.69. The van der Waals surface area contributed by atoms with Crippen LogP contribution in [-0.2, 0) is 53.2 Å². The molecule has 0 amide bonds. The van der Waals surface area contributed by atoms with Crippen molar-refractivity contribution in [2.75, 3.05) is 0 Å². The first kappa shape index (κ1) is 77.2. The first-order valence-electron chi connectivity index (χ1n) is 39.5. The summed E-state index contributed by atoms with van der Waals surface area (Å²) in [5.74, 6) is 3.15. The second kappa shape index (κ2) is 27.0. The van der Waals surface area contributed by atoms with Gasteiger partial charge >= 0.3 is 0 Å². The molecule has 16 aromatic rings. The molecule has 0 radical (unpaired) electrons. The molecule has 0 aliphatic heterocycles. The van der Waals surface area contributed by atoms with Crippen LogP contribution in [0.15, 0.2) is 238 Å². The van der Waals surface area contributed by atoms with E-state index in [0.717, 1.165) is 65.0 Å². The van der Waals surface area contributed by atoms with E-state index in [9.17, 15) is 8.42 Å². The molecule has 10 nitrogen and oxygen atoms in total. The molecule has 0 saturated carbocycles. The summed E-state index contributed by atoms with van der Waals surface area (Å²) < 4.78 is 37.1. The quantitative estimate of drug-likeness (QED) is 0.149. The molecule has 16 rings (SSSR count). The summed E-state index contributed by atoms with van der Waals surface area (Å²) in [5, 5.41) is 9.70. The van der Waals surface area contributed by atoms with Crippen molar-refractivity contribution in [3.8, 4) is 23.3 Å². The molecule has 0 aliphatic rings. The third kappa shape index (κ3) is 14.2. The van der Waals surface area contributed by atoms with Gasteiger partial charge in [0.25, 0.3) is 0 Å². The molecule has 8 aromatic heterocycles. The number of pyridine rings is 4. The molecule has 12 heteroatoms. The highest BCUT2D eigenvalue weighted by molar-refractivity contribution is 7.99. The van der Waals surface area contributed by atoms with Crippen LogP contribution in [0.5, 0.6) is 0 Å². The SMILES string of the molecule is CC(C)(C)c1ccc2c(c1)c1cc(C(C)(C)C)ccc1n2-c1ccc(S(=O)(=O)c2ccc(-n3c4ccc(C(C)(C)C)cc4c4cc(C(C)(C)C)ccc43)nc2)cn1.CC(C)(C)c1ccc2c(c1)c1cc(C(C)(C)C)ccc1n2-c1ccc(Sc2ccc(-n3c4ccc(C(C)(C)C)cc4c4cc(C(C)(C)C)ccc43)nc2)cn1. The zero-order valence-corrected chi connectivity index (χ0v) is 71.6. The van der Waals surface area contributed by atoms with Crippen LogP contribution in [0.4, 0.5) is 0 Å². The summed E-state index contributed by atoms with van der Waals surface area (Å²) in [7, 11) is -3.91. The van der Waals surface area contributed by atoms with Gasteiger partial charge in [-0.25, -0.2) is 28.4 Å². The van der Waals surface area contributed by atoms with Crippen LogP contribution in [0.2, 0.25) is 0 Å². The monoisotopic (exact) mass is 1520 g/mol. The van der Waals surface area contributed by atoms with E-state index in [2.05, 4.69) is 354 Å². The number of nitrogens with zero attached hydrogens (tertiary/aromatic N) is 8. The van der Waals surface area contributed by atoms with Crippen LogP contribution < -0.4 is 0 Å². The predicted molar refractivity (Wildman–Crippen MR) is 473 cm³/mol. The third-order valence-electron chi connectivity index (χ3n) is 22.6. The van der Waals surface area contributed by atoms with E-state index in [1.807, 2.05) is 12.4 Å². The Balaban J connectivity index is 0.000000177. The Kier molecular flexibility index (Phi) is 18.6. The Morgan fingerprint density at radius 1 is 0.223 bits per heavy atom. The number of fused-ring (bicyclic) bond motifs is 12. The molecule has 0 bridgehead atoms. The van der Waals surface area contributed by atoms with Crippen molar-refractivity contribution < 1.29 is 8.42 Å². The van der Waals surface area contributed by atoms with E-state index in [0.29, 0.717) is 11.6 Å². The molecule has 0 atom stereocenters. The van der Waals surface area contributed by atoms with Gasteiger partial charge in [-0.15, -0.1) is 0 Å². The van der Waals surface area contributed by atoms with Crippen molar-refractivity contribution in [2.45, 2.75) is 229 Å². The largest absolute Gasteiger partial charge is 0.294 e. The molecule has 0 saturated heterocycles. The smallest absolute Gasteiger partial charge is 0.209 e. The van der Waals surface area contributed by atoms with Crippen molar-refractivity contribution in [1.82, 2.24) is 38.2 Å². The molecular formula is C100H108N8O2S2. The molecule has 0 spiro atoms. The average molecular weight is 1520 g/mol. The van der Waals surface area contributed by atoms with Crippen LogP contribution in [0, 0.1) is 0 Å². The highest BCUT2D eigenvalue weighted by Gasteiger charge is 2.29.